The van der Waals surface area contributed by atoms with Crippen LogP contribution < -0.4 is 29.6 Å². The molecule has 0 radical (unpaired) electrons. The SMILES string of the molecule is O=S(=O)(O)Cc1ccc(Cl)c(Cl)c1.[H-].[Na+]. The van der Waals surface area contributed by atoms with Crippen molar-refractivity contribution < 1.29 is 44.0 Å². The van der Waals surface area contributed by atoms with Crippen molar-refractivity contribution in [3.8, 4) is 0 Å². The average molecular weight is 265 g/mol. The molecule has 14 heavy (non-hydrogen) atoms. The van der Waals surface area contributed by atoms with Gasteiger partial charge in [0.1, 0.15) is 5.75 Å². The van der Waals surface area contributed by atoms with Crippen molar-refractivity contribution in [3.05, 3.63) is 33.8 Å². The summed E-state index contributed by atoms with van der Waals surface area (Å²) >= 11 is 11.2. The Bertz CT molecular complexity index is 424. The molecule has 0 bridgehead atoms. The Hall–Kier alpha value is 0.710. The molecule has 0 heterocycles. The zero-order chi connectivity index (χ0) is 10.1. The van der Waals surface area contributed by atoms with Gasteiger partial charge in [-0.15, -0.1) is 0 Å². The molecule has 1 aromatic rings. The molecular weight excluding hydrogens is 258 g/mol. The number of benzene rings is 1. The van der Waals surface area contributed by atoms with Gasteiger partial charge in [-0.05, 0) is 17.7 Å². The summed E-state index contributed by atoms with van der Waals surface area (Å²) in [5.74, 6) is -0.454. The van der Waals surface area contributed by atoms with Crippen LogP contribution in [0.5, 0.6) is 0 Å². The van der Waals surface area contributed by atoms with E-state index >= 15 is 0 Å². The molecule has 0 aliphatic carbocycles. The normalized spacial score (nSPS) is 10.8. The van der Waals surface area contributed by atoms with Crippen molar-refractivity contribution in [2.45, 2.75) is 5.75 Å². The fourth-order valence-electron chi connectivity index (χ4n) is 0.840. The van der Waals surface area contributed by atoms with Gasteiger partial charge in [0, 0.05) is 0 Å². The monoisotopic (exact) mass is 264 g/mol. The van der Waals surface area contributed by atoms with Gasteiger partial charge in [-0.25, -0.2) is 0 Å². The van der Waals surface area contributed by atoms with Crippen LogP contribution in [0.15, 0.2) is 18.2 Å². The van der Waals surface area contributed by atoms with Crippen LogP contribution in [0, 0.1) is 0 Å². The first kappa shape index (κ1) is 14.7. The average Bonchev–Trinajstić information content (AvgIpc) is 1.94. The van der Waals surface area contributed by atoms with E-state index in [2.05, 4.69) is 0 Å². The Labute approximate surface area is 116 Å². The zero-order valence-corrected chi connectivity index (χ0v) is 11.7. The van der Waals surface area contributed by atoms with Crippen LogP contribution in [0.2, 0.25) is 10.0 Å². The molecule has 0 fully saturated rings. The van der Waals surface area contributed by atoms with E-state index in [1.165, 1.54) is 18.2 Å². The van der Waals surface area contributed by atoms with Crippen LogP contribution in [0.1, 0.15) is 6.99 Å². The topological polar surface area (TPSA) is 54.4 Å². The van der Waals surface area contributed by atoms with Gasteiger partial charge < -0.3 is 1.43 Å². The van der Waals surface area contributed by atoms with Gasteiger partial charge in [0.15, 0.2) is 0 Å². The molecule has 1 rings (SSSR count). The van der Waals surface area contributed by atoms with E-state index in [-0.39, 0.29) is 36.0 Å². The quantitative estimate of drug-likeness (QED) is 0.579. The summed E-state index contributed by atoms with van der Waals surface area (Å²) in [6.07, 6.45) is 0. The predicted molar refractivity (Wildman–Crippen MR) is 52.8 cm³/mol. The molecule has 74 valence electrons. The molecule has 3 nitrogen and oxygen atoms in total. The van der Waals surface area contributed by atoms with E-state index in [1.54, 1.807) is 0 Å². The predicted octanol–water partition coefficient (Wildman–Crippen LogP) is -0.502. The summed E-state index contributed by atoms with van der Waals surface area (Å²) in [5, 5.41) is 0.614. The van der Waals surface area contributed by atoms with Crippen LogP contribution in [0.3, 0.4) is 0 Å². The summed E-state index contributed by atoms with van der Waals surface area (Å²) in [5.41, 5.74) is 0.400. The first-order valence-corrected chi connectivity index (χ1v) is 5.64. The third-order valence-electron chi connectivity index (χ3n) is 1.33. The van der Waals surface area contributed by atoms with Crippen LogP contribution in [0.25, 0.3) is 0 Å². The van der Waals surface area contributed by atoms with Crippen molar-refractivity contribution in [3.63, 3.8) is 0 Å². The van der Waals surface area contributed by atoms with Crippen molar-refractivity contribution in [1.29, 1.82) is 0 Å². The zero-order valence-electron chi connectivity index (χ0n) is 8.37. The molecular formula is C7H7Cl2NaO3S. The number of halogens is 2. The molecule has 0 saturated heterocycles. The Morgan fingerprint density at radius 3 is 2.29 bits per heavy atom. The minimum absolute atomic E-state index is 0. The van der Waals surface area contributed by atoms with E-state index in [0.29, 0.717) is 10.6 Å². The van der Waals surface area contributed by atoms with Crippen LogP contribution in [-0.2, 0) is 15.9 Å². The molecule has 0 amide bonds. The number of hydrogen-bond donors (Lipinski definition) is 1. The van der Waals surface area contributed by atoms with Crippen LogP contribution >= 0.6 is 23.2 Å². The summed E-state index contributed by atoms with van der Waals surface area (Å²) < 4.78 is 29.5. The molecule has 0 saturated carbocycles. The minimum Gasteiger partial charge on any atom is -1.00 e. The van der Waals surface area contributed by atoms with E-state index in [1.807, 2.05) is 0 Å². The van der Waals surface area contributed by atoms with Gasteiger partial charge in [0.2, 0.25) is 0 Å². The second kappa shape index (κ2) is 5.70. The first-order valence-electron chi connectivity index (χ1n) is 3.27. The van der Waals surface area contributed by atoms with Gasteiger partial charge >= 0.3 is 29.6 Å². The second-order valence-corrected chi connectivity index (χ2v) is 4.74. The molecule has 0 aliphatic rings. The van der Waals surface area contributed by atoms with Gasteiger partial charge in [-0.3, -0.25) is 4.55 Å². The molecule has 0 aromatic heterocycles. The van der Waals surface area contributed by atoms with Crippen molar-refractivity contribution in [1.82, 2.24) is 0 Å². The molecule has 0 atom stereocenters. The van der Waals surface area contributed by atoms with Crippen molar-refractivity contribution >= 4 is 33.3 Å². The third-order valence-corrected chi connectivity index (χ3v) is 2.77. The maximum atomic E-state index is 10.5. The Balaban J connectivity index is 0. The van der Waals surface area contributed by atoms with Crippen molar-refractivity contribution in [2.24, 2.45) is 0 Å². The maximum Gasteiger partial charge on any atom is 1.00 e. The van der Waals surface area contributed by atoms with E-state index in [4.69, 9.17) is 27.8 Å². The number of rotatable bonds is 2. The minimum atomic E-state index is -4.01. The molecule has 0 spiro atoms. The van der Waals surface area contributed by atoms with Gasteiger partial charge in [0.05, 0.1) is 10.0 Å². The van der Waals surface area contributed by atoms with E-state index < -0.39 is 15.9 Å². The van der Waals surface area contributed by atoms with Gasteiger partial charge in [0.25, 0.3) is 10.1 Å². The fourth-order valence-corrected chi connectivity index (χ4v) is 1.76. The fraction of sp³-hybridized carbons (Fsp3) is 0.143. The van der Waals surface area contributed by atoms with Gasteiger partial charge in [-0.1, -0.05) is 29.3 Å². The van der Waals surface area contributed by atoms with Crippen LogP contribution in [0.4, 0.5) is 0 Å². The van der Waals surface area contributed by atoms with Crippen LogP contribution in [-0.4, -0.2) is 13.0 Å². The Morgan fingerprint density at radius 1 is 1.29 bits per heavy atom. The largest absolute Gasteiger partial charge is 1.00 e. The van der Waals surface area contributed by atoms with E-state index in [0.717, 1.165) is 0 Å². The Morgan fingerprint density at radius 2 is 1.86 bits per heavy atom. The van der Waals surface area contributed by atoms with E-state index in [9.17, 15) is 8.42 Å². The standard InChI is InChI=1S/C7H6Cl2O3S.Na.H/c8-6-2-1-5(3-7(6)9)4-13(10,11)12;;/h1-3H,4H2,(H,10,11,12);;/q;+1;-1. The molecule has 7 heteroatoms. The van der Waals surface area contributed by atoms with Gasteiger partial charge in [-0.2, -0.15) is 8.42 Å². The molecule has 1 aromatic carbocycles. The smallest absolute Gasteiger partial charge is 1.00 e. The molecule has 0 aliphatic heterocycles. The summed E-state index contributed by atoms with van der Waals surface area (Å²) in [6.45, 7) is 0. The second-order valence-electron chi connectivity index (χ2n) is 2.47. The number of hydrogen-bond acceptors (Lipinski definition) is 2. The summed E-state index contributed by atoms with van der Waals surface area (Å²) in [7, 11) is -4.01. The summed E-state index contributed by atoms with van der Waals surface area (Å²) in [6, 6.07) is 4.37. The third kappa shape index (κ3) is 4.98. The van der Waals surface area contributed by atoms with Crippen molar-refractivity contribution in [2.75, 3.05) is 0 Å². The Kier molecular flexibility index (Phi) is 5.99. The first-order chi connectivity index (χ1) is 5.88. The maximum absolute atomic E-state index is 10.5. The summed E-state index contributed by atoms with van der Waals surface area (Å²) in [4.78, 5) is 0. The molecule has 0 unspecified atom stereocenters. The molecule has 1 N–H and O–H groups in total.